The molecule has 0 spiro atoms. The smallest absolute Gasteiger partial charge is 0.325 e. The summed E-state index contributed by atoms with van der Waals surface area (Å²) in [4.78, 5) is 37.5. The third-order valence-electron chi connectivity index (χ3n) is 4.50. The first-order valence-electron chi connectivity index (χ1n) is 9.61. The zero-order chi connectivity index (χ0) is 20.8. The second-order valence-corrected chi connectivity index (χ2v) is 7.40. The van der Waals surface area contributed by atoms with Crippen LogP contribution in [0.25, 0.3) is 0 Å². The molecule has 1 aliphatic rings. The number of ether oxygens (including phenoxy) is 1. The summed E-state index contributed by atoms with van der Waals surface area (Å²) in [5.41, 5.74) is 1.63. The van der Waals surface area contributed by atoms with Gasteiger partial charge in [-0.05, 0) is 42.2 Å². The van der Waals surface area contributed by atoms with Crippen molar-refractivity contribution in [3.8, 4) is 5.75 Å². The molecule has 29 heavy (non-hydrogen) atoms. The van der Waals surface area contributed by atoms with E-state index in [0.29, 0.717) is 24.5 Å². The van der Waals surface area contributed by atoms with Gasteiger partial charge < -0.3 is 15.4 Å². The van der Waals surface area contributed by atoms with Gasteiger partial charge in [0.25, 0.3) is 5.91 Å². The van der Waals surface area contributed by atoms with E-state index in [1.165, 1.54) is 0 Å². The van der Waals surface area contributed by atoms with Crippen molar-refractivity contribution in [1.29, 1.82) is 0 Å². The summed E-state index contributed by atoms with van der Waals surface area (Å²) < 4.78 is 5.71. The largest absolute Gasteiger partial charge is 0.489 e. The van der Waals surface area contributed by atoms with E-state index in [-0.39, 0.29) is 18.4 Å². The Morgan fingerprint density at radius 2 is 1.79 bits per heavy atom. The molecule has 0 bridgehead atoms. The molecule has 2 N–H and O–H groups in total. The van der Waals surface area contributed by atoms with Gasteiger partial charge in [0.15, 0.2) is 0 Å². The number of carbonyl (C=O) groups excluding carboxylic acids is 3. The Kier molecular flexibility index (Phi) is 6.49. The van der Waals surface area contributed by atoms with Crippen molar-refractivity contribution >= 4 is 23.5 Å². The molecule has 1 fully saturated rings. The van der Waals surface area contributed by atoms with E-state index in [0.717, 1.165) is 10.5 Å². The Morgan fingerprint density at radius 1 is 1.10 bits per heavy atom. The number of anilines is 1. The molecule has 0 saturated carbocycles. The summed E-state index contributed by atoms with van der Waals surface area (Å²) in [7, 11) is 0. The third-order valence-corrected chi connectivity index (χ3v) is 4.50. The topological polar surface area (TPSA) is 87.7 Å². The van der Waals surface area contributed by atoms with Crippen LogP contribution < -0.4 is 15.4 Å². The van der Waals surface area contributed by atoms with Gasteiger partial charge in [-0.15, -0.1) is 0 Å². The van der Waals surface area contributed by atoms with Gasteiger partial charge in [-0.3, -0.25) is 14.5 Å². The number of amides is 4. The second-order valence-electron chi connectivity index (χ2n) is 7.40. The van der Waals surface area contributed by atoms with Crippen LogP contribution in [0.5, 0.6) is 5.75 Å². The summed E-state index contributed by atoms with van der Waals surface area (Å²) >= 11 is 0. The van der Waals surface area contributed by atoms with Crippen LogP contribution in [-0.4, -0.2) is 35.3 Å². The molecule has 1 aliphatic heterocycles. The maximum atomic E-state index is 12.3. The molecule has 1 saturated heterocycles. The molecule has 0 unspecified atom stereocenters. The average molecular weight is 395 g/mol. The SMILES string of the molecule is CC(C)C[C@H]1NC(=O)N(CC(=O)Nc2ccc(OCc3ccccc3)cc2)C1=O. The zero-order valence-corrected chi connectivity index (χ0v) is 16.6. The summed E-state index contributed by atoms with van der Waals surface area (Å²) in [5.74, 6) is 0.151. The maximum absolute atomic E-state index is 12.3. The number of imide groups is 1. The Balaban J connectivity index is 1.50. The van der Waals surface area contributed by atoms with E-state index in [2.05, 4.69) is 10.6 Å². The third kappa shape index (κ3) is 5.57. The quantitative estimate of drug-likeness (QED) is 0.672. The Labute approximate surface area is 170 Å². The van der Waals surface area contributed by atoms with Gasteiger partial charge in [-0.1, -0.05) is 44.2 Å². The van der Waals surface area contributed by atoms with Crippen LogP contribution >= 0.6 is 0 Å². The lowest BCUT2D eigenvalue weighted by molar-refractivity contribution is -0.131. The number of hydrogen-bond acceptors (Lipinski definition) is 4. The molecule has 0 radical (unpaired) electrons. The van der Waals surface area contributed by atoms with Crippen molar-refractivity contribution in [2.24, 2.45) is 5.92 Å². The number of nitrogens with zero attached hydrogens (tertiary/aromatic N) is 1. The molecule has 7 nitrogen and oxygen atoms in total. The molecule has 2 aromatic rings. The van der Waals surface area contributed by atoms with Crippen molar-refractivity contribution in [3.63, 3.8) is 0 Å². The van der Waals surface area contributed by atoms with Gasteiger partial charge in [-0.2, -0.15) is 0 Å². The molecular weight excluding hydrogens is 370 g/mol. The lowest BCUT2D eigenvalue weighted by atomic mass is 10.0. The molecule has 0 aromatic heterocycles. The number of carbonyl (C=O) groups is 3. The highest BCUT2D eigenvalue weighted by molar-refractivity contribution is 6.07. The number of urea groups is 1. The van der Waals surface area contributed by atoms with Gasteiger partial charge in [0, 0.05) is 5.69 Å². The highest BCUT2D eigenvalue weighted by atomic mass is 16.5. The normalized spacial score (nSPS) is 16.1. The monoisotopic (exact) mass is 395 g/mol. The van der Waals surface area contributed by atoms with Crippen molar-refractivity contribution in [3.05, 3.63) is 60.2 Å². The number of nitrogens with one attached hydrogen (secondary N) is 2. The maximum Gasteiger partial charge on any atom is 0.325 e. The Hall–Kier alpha value is -3.35. The van der Waals surface area contributed by atoms with E-state index in [4.69, 9.17) is 4.74 Å². The second kappa shape index (κ2) is 9.23. The van der Waals surface area contributed by atoms with Crippen LogP contribution in [0.2, 0.25) is 0 Å². The Morgan fingerprint density at radius 3 is 2.45 bits per heavy atom. The van der Waals surface area contributed by atoms with Crippen molar-refractivity contribution in [2.75, 3.05) is 11.9 Å². The summed E-state index contributed by atoms with van der Waals surface area (Å²) in [6, 6.07) is 15.7. The zero-order valence-electron chi connectivity index (χ0n) is 16.6. The average Bonchev–Trinajstić information content (AvgIpc) is 2.95. The number of rotatable bonds is 8. The molecule has 152 valence electrons. The molecule has 1 atom stereocenters. The molecule has 0 aliphatic carbocycles. The van der Waals surface area contributed by atoms with E-state index < -0.39 is 18.0 Å². The van der Waals surface area contributed by atoms with E-state index in [9.17, 15) is 14.4 Å². The van der Waals surface area contributed by atoms with E-state index >= 15 is 0 Å². The minimum Gasteiger partial charge on any atom is -0.489 e. The van der Waals surface area contributed by atoms with Crippen LogP contribution in [0.1, 0.15) is 25.8 Å². The number of hydrogen-bond donors (Lipinski definition) is 2. The first-order chi connectivity index (χ1) is 13.9. The van der Waals surface area contributed by atoms with Crippen LogP contribution in [0.4, 0.5) is 10.5 Å². The minimum atomic E-state index is -0.559. The molecule has 3 rings (SSSR count). The van der Waals surface area contributed by atoms with E-state index in [1.807, 2.05) is 44.2 Å². The molecule has 2 aromatic carbocycles. The van der Waals surface area contributed by atoms with Crippen molar-refractivity contribution < 1.29 is 19.1 Å². The molecule has 4 amide bonds. The van der Waals surface area contributed by atoms with Crippen molar-refractivity contribution in [2.45, 2.75) is 32.9 Å². The van der Waals surface area contributed by atoms with Crippen LogP contribution in [0.3, 0.4) is 0 Å². The number of benzene rings is 2. The molecule has 7 heteroatoms. The van der Waals surface area contributed by atoms with E-state index in [1.54, 1.807) is 24.3 Å². The van der Waals surface area contributed by atoms with Crippen LogP contribution in [0, 0.1) is 5.92 Å². The predicted octanol–water partition coefficient (Wildman–Crippen LogP) is 3.17. The lowest BCUT2D eigenvalue weighted by Gasteiger charge is -2.14. The fourth-order valence-electron chi connectivity index (χ4n) is 3.08. The lowest BCUT2D eigenvalue weighted by Crippen LogP contribution is -2.38. The van der Waals surface area contributed by atoms with Gasteiger partial charge in [0.05, 0.1) is 0 Å². The molecular formula is C22H25N3O4. The predicted molar refractivity (Wildman–Crippen MR) is 109 cm³/mol. The minimum absolute atomic E-state index is 0.264. The van der Waals surface area contributed by atoms with Gasteiger partial charge in [0.2, 0.25) is 5.91 Å². The summed E-state index contributed by atoms with van der Waals surface area (Å²) in [5, 5.41) is 5.33. The fourth-order valence-corrected chi connectivity index (χ4v) is 3.08. The highest BCUT2D eigenvalue weighted by Gasteiger charge is 2.38. The van der Waals surface area contributed by atoms with Gasteiger partial charge >= 0.3 is 6.03 Å². The van der Waals surface area contributed by atoms with Gasteiger partial charge in [-0.25, -0.2) is 4.79 Å². The van der Waals surface area contributed by atoms with Crippen LogP contribution in [0.15, 0.2) is 54.6 Å². The summed E-state index contributed by atoms with van der Waals surface area (Å²) in [6.45, 7) is 4.09. The van der Waals surface area contributed by atoms with Crippen molar-refractivity contribution in [1.82, 2.24) is 10.2 Å². The summed E-state index contributed by atoms with van der Waals surface area (Å²) in [6.07, 6.45) is 0.549. The fraction of sp³-hybridized carbons (Fsp3) is 0.318. The standard InChI is InChI=1S/C22H25N3O4/c1-15(2)12-19-21(27)25(22(28)24-19)13-20(26)23-17-8-10-18(11-9-17)29-14-16-6-4-3-5-7-16/h3-11,15,19H,12-14H2,1-2H3,(H,23,26)(H,24,28)/t19-/m1/s1. The Bertz CT molecular complexity index is 865. The van der Waals surface area contributed by atoms with Crippen LogP contribution in [-0.2, 0) is 16.2 Å². The first-order valence-corrected chi connectivity index (χ1v) is 9.61. The highest BCUT2D eigenvalue weighted by Crippen LogP contribution is 2.18. The molecule has 1 heterocycles. The van der Waals surface area contributed by atoms with Gasteiger partial charge in [0.1, 0.15) is 24.9 Å². The first kappa shape index (κ1) is 20.4.